The molecule has 6 heteroatoms. The van der Waals surface area contributed by atoms with Gasteiger partial charge < -0.3 is 10.1 Å². The molecule has 0 aliphatic carbocycles. The fourth-order valence-electron chi connectivity index (χ4n) is 1.06. The molecule has 1 N–H and O–H groups in total. The van der Waals surface area contributed by atoms with Crippen molar-refractivity contribution in [2.24, 2.45) is 0 Å². The first kappa shape index (κ1) is 12.6. The smallest absolute Gasteiger partial charge is 0.392 e. The van der Waals surface area contributed by atoms with E-state index in [4.69, 9.17) is 4.74 Å². The van der Waals surface area contributed by atoms with Gasteiger partial charge in [-0.1, -0.05) is 0 Å². The summed E-state index contributed by atoms with van der Waals surface area (Å²) in [5.41, 5.74) is 0. The van der Waals surface area contributed by atoms with Gasteiger partial charge in [-0.05, 0) is 13.0 Å². The van der Waals surface area contributed by atoms with Crippen LogP contribution < -0.4 is 10.1 Å². The van der Waals surface area contributed by atoms with Crippen molar-refractivity contribution in [2.45, 2.75) is 19.5 Å². The molecule has 0 aliphatic rings. The molecule has 0 atom stereocenters. The van der Waals surface area contributed by atoms with Crippen LogP contribution in [0.1, 0.15) is 13.3 Å². The maximum Gasteiger partial charge on any atom is 0.392 e. The zero-order chi connectivity index (χ0) is 12.0. The fraction of sp³-hybridized carbons (Fsp3) is 0.500. The molecule has 1 aromatic rings. The number of aromatic nitrogens is 1. The molecule has 0 saturated carbocycles. The molecule has 0 unspecified atom stereocenters. The maximum absolute atomic E-state index is 11.9. The van der Waals surface area contributed by atoms with Gasteiger partial charge >= 0.3 is 6.18 Å². The van der Waals surface area contributed by atoms with Crippen LogP contribution in [0, 0.1) is 0 Å². The number of alkyl halides is 3. The topological polar surface area (TPSA) is 34.1 Å². The molecule has 0 amide bonds. The number of hydrogen-bond acceptors (Lipinski definition) is 3. The summed E-state index contributed by atoms with van der Waals surface area (Å²) >= 11 is 0. The molecule has 1 aromatic heterocycles. The minimum Gasteiger partial charge on any atom is -0.493 e. The molecular weight excluding hydrogens is 221 g/mol. The van der Waals surface area contributed by atoms with Gasteiger partial charge in [-0.25, -0.2) is 4.98 Å². The van der Waals surface area contributed by atoms with Gasteiger partial charge in [0.15, 0.2) is 0 Å². The van der Waals surface area contributed by atoms with Crippen LogP contribution in [0.4, 0.5) is 19.0 Å². The van der Waals surface area contributed by atoms with E-state index in [0.717, 1.165) is 0 Å². The summed E-state index contributed by atoms with van der Waals surface area (Å²) in [5.74, 6) is 0.974. The quantitative estimate of drug-likeness (QED) is 0.850. The highest BCUT2D eigenvalue weighted by atomic mass is 19.4. The van der Waals surface area contributed by atoms with Gasteiger partial charge in [0.05, 0.1) is 13.0 Å². The molecular formula is C10H13F3N2O. The largest absolute Gasteiger partial charge is 0.493 e. The summed E-state index contributed by atoms with van der Waals surface area (Å²) in [7, 11) is 0. The van der Waals surface area contributed by atoms with E-state index < -0.39 is 12.6 Å². The SMILES string of the molecule is CCNc1cc(OCCC(F)(F)F)ccn1. The van der Waals surface area contributed by atoms with Crippen LogP contribution in [0.15, 0.2) is 18.3 Å². The van der Waals surface area contributed by atoms with Gasteiger partial charge in [0.1, 0.15) is 11.6 Å². The van der Waals surface area contributed by atoms with E-state index in [0.29, 0.717) is 18.1 Å². The number of pyridine rings is 1. The number of anilines is 1. The van der Waals surface area contributed by atoms with Gasteiger partial charge in [-0.3, -0.25) is 0 Å². The lowest BCUT2D eigenvalue weighted by Crippen LogP contribution is -2.13. The standard InChI is InChI=1S/C10H13F3N2O/c1-2-14-9-7-8(3-5-15-9)16-6-4-10(11,12)13/h3,5,7H,2,4,6H2,1H3,(H,14,15). The lowest BCUT2D eigenvalue weighted by Gasteiger charge is -2.09. The summed E-state index contributed by atoms with van der Waals surface area (Å²) in [6.07, 6.45) is -3.65. The predicted molar refractivity (Wildman–Crippen MR) is 54.6 cm³/mol. The second kappa shape index (κ2) is 5.58. The number of halogens is 3. The van der Waals surface area contributed by atoms with Gasteiger partial charge in [0.25, 0.3) is 0 Å². The number of nitrogens with zero attached hydrogens (tertiary/aromatic N) is 1. The summed E-state index contributed by atoms with van der Waals surface area (Å²) in [6, 6.07) is 3.09. The average Bonchev–Trinajstić information content (AvgIpc) is 2.17. The minimum absolute atomic E-state index is 0.376. The first-order valence-electron chi connectivity index (χ1n) is 4.91. The Morgan fingerprint density at radius 1 is 1.44 bits per heavy atom. The van der Waals surface area contributed by atoms with E-state index in [1.54, 1.807) is 6.07 Å². The molecule has 0 radical (unpaired) electrons. The zero-order valence-corrected chi connectivity index (χ0v) is 8.84. The molecule has 1 heterocycles. The van der Waals surface area contributed by atoms with E-state index in [9.17, 15) is 13.2 Å². The minimum atomic E-state index is -4.18. The zero-order valence-electron chi connectivity index (χ0n) is 8.84. The van der Waals surface area contributed by atoms with Gasteiger partial charge in [0.2, 0.25) is 0 Å². The third-order valence-electron chi connectivity index (χ3n) is 1.74. The summed E-state index contributed by atoms with van der Waals surface area (Å²) in [6.45, 7) is 2.22. The molecule has 0 bridgehead atoms. The second-order valence-corrected chi connectivity index (χ2v) is 3.12. The highest BCUT2D eigenvalue weighted by molar-refractivity contribution is 5.40. The third kappa shape index (κ3) is 4.86. The van der Waals surface area contributed by atoms with E-state index in [1.807, 2.05) is 6.92 Å². The molecule has 0 spiro atoms. The molecule has 0 saturated heterocycles. The van der Waals surface area contributed by atoms with Crippen molar-refractivity contribution < 1.29 is 17.9 Å². The Bertz CT molecular complexity index is 328. The molecule has 16 heavy (non-hydrogen) atoms. The van der Waals surface area contributed by atoms with Crippen molar-refractivity contribution in [3.05, 3.63) is 18.3 Å². The first-order chi connectivity index (χ1) is 7.51. The van der Waals surface area contributed by atoms with Crippen molar-refractivity contribution in [1.29, 1.82) is 0 Å². The highest BCUT2D eigenvalue weighted by Crippen LogP contribution is 2.21. The summed E-state index contributed by atoms with van der Waals surface area (Å²) in [4.78, 5) is 3.97. The van der Waals surface area contributed by atoms with E-state index in [1.165, 1.54) is 12.3 Å². The number of ether oxygens (including phenoxy) is 1. The Balaban J connectivity index is 2.44. The van der Waals surface area contributed by atoms with Crippen LogP contribution >= 0.6 is 0 Å². The molecule has 1 rings (SSSR count). The Morgan fingerprint density at radius 3 is 2.81 bits per heavy atom. The van der Waals surface area contributed by atoms with Crippen molar-refractivity contribution >= 4 is 5.82 Å². The molecule has 0 aromatic carbocycles. The average molecular weight is 234 g/mol. The van der Waals surface area contributed by atoms with Crippen LogP contribution in [0.3, 0.4) is 0 Å². The molecule has 0 aliphatic heterocycles. The Morgan fingerprint density at radius 2 is 2.19 bits per heavy atom. The van der Waals surface area contributed by atoms with Crippen LogP contribution in [0.2, 0.25) is 0 Å². The first-order valence-corrected chi connectivity index (χ1v) is 4.91. The van der Waals surface area contributed by atoms with Crippen LogP contribution in [0.5, 0.6) is 5.75 Å². The van der Waals surface area contributed by atoms with Crippen molar-refractivity contribution in [2.75, 3.05) is 18.5 Å². The Labute approximate surface area is 91.6 Å². The van der Waals surface area contributed by atoms with Crippen LogP contribution in [-0.2, 0) is 0 Å². The number of rotatable bonds is 5. The Kier molecular flexibility index (Phi) is 4.39. The van der Waals surface area contributed by atoms with Crippen molar-refractivity contribution in [1.82, 2.24) is 4.98 Å². The molecule has 3 nitrogen and oxygen atoms in total. The second-order valence-electron chi connectivity index (χ2n) is 3.12. The number of hydrogen-bond donors (Lipinski definition) is 1. The summed E-state index contributed by atoms with van der Waals surface area (Å²) in [5, 5.41) is 2.94. The lowest BCUT2D eigenvalue weighted by molar-refractivity contribution is -0.139. The van der Waals surface area contributed by atoms with Crippen LogP contribution in [-0.4, -0.2) is 24.3 Å². The molecule has 0 fully saturated rings. The summed E-state index contributed by atoms with van der Waals surface area (Å²) < 4.78 is 40.5. The third-order valence-corrected chi connectivity index (χ3v) is 1.74. The highest BCUT2D eigenvalue weighted by Gasteiger charge is 2.26. The van der Waals surface area contributed by atoms with Crippen LogP contribution in [0.25, 0.3) is 0 Å². The van der Waals surface area contributed by atoms with E-state index >= 15 is 0 Å². The predicted octanol–water partition coefficient (Wildman–Crippen LogP) is 2.84. The van der Waals surface area contributed by atoms with E-state index in [-0.39, 0.29) is 6.61 Å². The maximum atomic E-state index is 11.9. The van der Waals surface area contributed by atoms with Gasteiger partial charge in [-0.15, -0.1) is 0 Å². The Hall–Kier alpha value is -1.46. The fourth-order valence-corrected chi connectivity index (χ4v) is 1.06. The van der Waals surface area contributed by atoms with Crippen molar-refractivity contribution in [3.63, 3.8) is 0 Å². The van der Waals surface area contributed by atoms with Gasteiger partial charge in [0, 0.05) is 18.8 Å². The van der Waals surface area contributed by atoms with E-state index in [2.05, 4.69) is 10.3 Å². The monoisotopic (exact) mass is 234 g/mol. The lowest BCUT2D eigenvalue weighted by atomic mass is 10.4. The van der Waals surface area contributed by atoms with Crippen molar-refractivity contribution in [3.8, 4) is 5.75 Å². The molecule has 90 valence electrons. The van der Waals surface area contributed by atoms with Gasteiger partial charge in [-0.2, -0.15) is 13.2 Å². The normalized spacial score (nSPS) is 11.2. The number of nitrogens with one attached hydrogen (secondary N) is 1.